The first kappa shape index (κ1) is 17.7. The highest BCUT2D eigenvalue weighted by Gasteiger charge is 2.28. The van der Waals surface area contributed by atoms with Gasteiger partial charge < -0.3 is 0 Å². The summed E-state index contributed by atoms with van der Waals surface area (Å²) in [5, 5.41) is 0. The van der Waals surface area contributed by atoms with Crippen molar-refractivity contribution in [2.45, 2.75) is 12.2 Å². The Labute approximate surface area is 146 Å². The molecule has 0 saturated carbocycles. The van der Waals surface area contributed by atoms with Crippen molar-refractivity contribution < 1.29 is 21.2 Å². The second kappa shape index (κ2) is 6.64. The van der Waals surface area contributed by atoms with Crippen LogP contribution in [0.3, 0.4) is 0 Å². The van der Waals surface area contributed by atoms with E-state index in [9.17, 15) is 21.2 Å². The van der Waals surface area contributed by atoms with E-state index in [1.807, 2.05) is 0 Å². The van der Waals surface area contributed by atoms with Crippen molar-refractivity contribution in [3.8, 4) is 0 Å². The Morgan fingerprint density at radius 2 is 1.68 bits per heavy atom. The van der Waals surface area contributed by atoms with Crippen LogP contribution in [0, 0.1) is 5.82 Å². The Morgan fingerprint density at radius 3 is 2.24 bits per heavy atom. The Balaban J connectivity index is 1.71. The van der Waals surface area contributed by atoms with Gasteiger partial charge in [-0.3, -0.25) is 9.03 Å². The molecule has 1 aliphatic heterocycles. The molecule has 134 valence electrons. The number of nitrogens with zero attached hydrogens (tertiary/aromatic N) is 1. The molecule has 9 heteroatoms. The van der Waals surface area contributed by atoms with Crippen molar-refractivity contribution in [1.82, 2.24) is 0 Å². The van der Waals surface area contributed by atoms with Crippen LogP contribution in [-0.4, -0.2) is 29.1 Å². The van der Waals surface area contributed by atoms with E-state index in [4.69, 9.17) is 0 Å². The molecular weight excluding hydrogens is 367 g/mol. The predicted octanol–water partition coefficient (Wildman–Crippen LogP) is 2.31. The van der Waals surface area contributed by atoms with Gasteiger partial charge in [0.2, 0.25) is 20.0 Å². The molecule has 1 saturated heterocycles. The van der Waals surface area contributed by atoms with E-state index in [2.05, 4.69) is 4.72 Å². The average Bonchev–Trinajstić information content (AvgIpc) is 2.89. The van der Waals surface area contributed by atoms with Gasteiger partial charge in [-0.25, -0.2) is 21.2 Å². The number of sulfonamides is 2. The molecule has 0 aromatic heterocycles. The summed E-state index contributed by atoms with van der Waals surface area (Å²) < 4.78 is 64.8. The van der Waals surface area contributed by atoms with Crippen molar-refractivity contribution in [1.29, 1.82) is 0 Å². The number of rotatable bonds is 5. The first-order chi connectivity index (χ1) is 11.8. The van der Waals surface area contributed by atoms with Gasteiger partial charge in [0, 0.05) is 12.2 Å². The Bertz CT molecular complexity index is 956. The third-order valence-electron chi connectivity index (χ3n) is 3.80. The van der Waals surface area contributed by atoms with Crippen LogP contribution in [0.15, 0.2) is 48.5 Å². The SMILES string of the molecule is O=S(=O)(Cc1ccc(F)cc1)Nc1ccc(N2CCCS2(=O)=O)cc1. The third kappa shape index (κ3) is 4.29. The molecule has 2 aromatic rings. The summed E-state index contributed by atoms with van der Waals surface area (Å²) in [4.78, 5) is 0. The summed E-state index contributed by atoms with van der Waals surface area (Å²) in [6.45, 7) is 0.429. The van der Waals surface area contributed by atoms with E-state index in [-0.39, 0.29) is 11.5 Å². The van der Waals surface area contributed by atoms with Crippen molar-refractivity contribution in [3.63, 3.8) is 0 Å². The average molecular weight is 384 g/mol. The predicted molar refractivity (Wildman–Crippen MR) is 94.8 cm³/mol. The number of hydrogen-bond acceptors (Lipinski definition) is 4. The lowest BCUT2D eigenvalue weighted by atomic mass is 10.2. The van der Waals surface area contributed by atoms with Gasteiger partial charge in [-0.1, -0.05) is 12.1 Å². The summed E-state index contributed by atoms with van der Waals surface area (Å²) in [5.74, 6) is -0.587. The molecule has 0 bridgehead atoms. The number of hydrogen-bond donors (Lipinski definition) is 1. The van der Waals surface area contributed by atoms with Crippen LogP contribution in [0.4, 0.5) is 15.8 Å². The molecule has 1 fully saturated rings. The molecular formula is C16H17FN2O4S2. The van der Waals surface area contributed by atoms with Gasteiger partial charge in [-0.05, 0) is 48.4 Å². The molecule has 0 aliphatic carbocycles. The summed E-state index contributed by atoms with van der Waals surface area (Å²) >= 11 is 0. The fourth-order valence-corrected chi connectivity index (χ4v) is 5.40. The number of anilines is 2. The van der Waals surface area contributed by atoms with Gasteiger partial charge in [-0.15, -0.1) is 0 Å². The molecule has 1 aliphatic rings. The van der Waals surface area contributed by atoms with Crippen LogP contribution in [0.25, 0.3) is 0 Å². The fraction of sp³-hybridized carbons (Fsp3) is 0.250. The largest absolute Gasteiger partial charge is 0.283 e. The summed E-state index contributed by atoms with van der Waals surface area (Å²) in [7, 11) is -6.93. The lowest BCUT2D eigenvalue weighted by Crippen LogP contribution is -2.25. The third-order valence-corrected chi connectivity index (χ3v) is 6.93. The molecule has 1 heterocycles. The van der Waals surface area contributed by atoms with Gasteiger partial charge in [0.15, 0.2) is 0 Å². The lowest BCUT2D eigenvalue weighted by Gasteiger charge is -2.17. The maximum Gasteiger partial charge on any atom is 0.236 e. The number of benzene rings is 2. The molecule has 3 rings (SSSR count). The van der Waals surface area contributed by atoms with E-state index in [1.54, 1.807) is 12.1 Å². The monoisotopic (exact) mass is 384 g/mol. The standard InChI is InChI=1S/C16H17FN2O4S2/c17-14-4-2-13(3-5-14)12-24(20,21)18-15-6-8-16(9-7-15)19-10-1-11-25(19,22)23/h2-9,18H,1,10-12H2. The molecule has 0 amide bonds. The van der Waals surface area contributed by atoms with Crippen molar-refractivity contribution >= 4 is 31.4 Å². The van der Waals surface area contributed by atoms with Crippen LogP contribution in [-0.2, 0) is 25.8 Å². The van der Waals surface area contributed by atoms with Crippen LogP contribution < -0.4 is 9.03 Å². The Morgan fingerprint density at radius 1 is 1.04 bits per heavy atom. The van der Waals surface area contributed by atoms with E-state index in [1.165, 1.54) is 40.7 Å². The quantitative estimate of drug-likeness (QED) is 0.857. The molecule has 1 N–H and O–H groups in total. The summed E-state index contributed by atoms with van der Waals surface area (Å²) in [6.07, 6.45) is 0.578. The second-order valence-electron chi connectivity index (χ2n) is 5.78. The topological polar surface area (TPSA) is 83.6 Å². The smallest absolute Gasteiger partial charge is 0.236 e. The maximum atomic E-state index is 12.9. The molecule has 0 radical (unpaired) electrons. The van der Waals surface area contributed by atoms with Crippen LogP contribution >= 0.6 is 0 Å². The van der Waals surface area contributed by atoms with Gasteiger partial charge in [0.1, 0.15) is 5.82 Å². The second-order valence-corrected chi connectivity index (χ2v) is 9.51. The number of halogens is 1. The highest BCUT2D eigenvalue weighted by atomic mass is 32.2. The van der Waals surface area contributed by atoms with E-state index >= 15 is 0 Å². The van der Waals surface area contributed by atoms with Gasteiger partial charge in [-0.2, -0.15) is 0 Å². The fourth-order valence-electron chi connectivity index (χ4n) is 2.64. The normalized spacial score (nSPS) is 16.8. The van der Waals surface area contributed by atoms with Crippen molar-refractivity contribution in [2.75, 3.05) is 21.3 Å². The van der Waals surface area contributed by atoms with Crippen molar-refractivity contribution in [2.24, 2.45) is 0 Å². The zero-order chi connectivity index (χ0) is 18.1. The molecule has 0 atom stereocenters. The highest BCUT2D eigenvalue weighted by Crippen LogP contribution is 2.25. The van der Waals surface area contributed by atoms with E-state index < -0.39 is 25.9 Å². The molecule has 25 heavy (non-hydrogen) atoms. The lowest BCUT2D eigenvalue weighted by molar-refractivity contribution is 0.598. The molecule has 2 aromatic carbocycles. The minimum Gasteiger partial charge on any atom is -0.283 e. The van der Waals surface area contributed by atoms with E-state index in [0.717, 1.165) is 0 Å². The number of nitrogens with one attached hydrogen (secondary N) is 1. The molecule has 6 nitrogen and oxygen atoms in total. The minimum atomic E-state index is -3.66. The Hall–Kier alpha value is -2.13. The highest BCUT2D eigenvalue weighted by molar-refractivity contribution is 7.93. The molecule has 0 spiro atoms. The first-order valence-corrected chi connectivity index (χ1v) is 10.9. The van der Waals surface area contributed by atoms with Gasteiger partial charge >= 0.3 is 0 Å². The zero-order valence-electron chi connectivity index (χ0n) is 13.2. The van der Waals surface area contributed by atoms with Crippen LogP contribution in [0.1, 0.15) is 12.0 Å². The first-order valence-electron chi connectivity index (χ1n) is 7.61. The summed E-state index contributed by atoms with van der Waals surface area (Å²) in [6, 6.07) is 11.4. The van der Waals surface area contributed by atoms with E-state index in [0.29, 0.717) is 29.9 Å². The Kier molecular flexibility index (Phi) is 4.70. The minimum absolute atomic E-state index is 0.124. The van der Waals surface area contributed by atoms with Crippen LogP contribution in [0.5, 0.6) is 0 Å². The van der Waals surface area contributed by atoms with Crippen LogP contribution in [0.2, 0.25) is 0 Å². The zero-order valence-corrected chi connectivity index (χ0v) is 14.9. The molecule has 0 unspecified atom stereocenters. The maximum absolute atomic E-state index is 12.9. The van der Waals surface area contributed by atoms with Crippen molar-refractivity contribution in [3.05, 3.63) is 59.9 Å². The summed E-state index contributed by atoms with van der Waals surface area (Å²) in [5.41, 5.74) is 1.31. The van der Waals surface area contributed by atoms with Gasteiger partial charge in [0.05, 0.1) is 17.2 Å². The van der Waals surface area contributed by atoms with Gasteiger partial charge in [0.25, 0.3) is 0 Å².